The first-order valence-corrected chi connectivity index (χ1v) is 13.3. The molecular formula is C33H17N3O2S. The number of benzene rings is 5. The van der Waals surface area contributed by atoms with Crippen LogP contribution in [0.25, 0.3) is 47.7 Å². The highest BCUT2D eigenvalue weighted by Crippen LogP contribution is 2.45. The van der Waals surface area contributed by atoms with Crippen LogP contribution in [0, 0.1) is 11.3 Å². The number of nitriles is 1. The maximum absolute atomic E-state index is 13.6. The van der Waals surface area contributed by atoms with Crippen molar-refractivity contribution in [3.05, 3.63) is 120 Å². The van der Waals surface area contributed by atoms with Crippen LogP contribution in [0.15, 0.2) is 103 Å². The summed E-state index contributed by atoms with van der Waals surface area (Å²) >= 11 is 1.76. The van der Waals surface area contributed by atoms with Crippen molar-refractivity contribution in [1.82, 2.24) is 4.57 Å². The molecule has 0 radical (unpaired) electrons. The van der Waals surface area contributed by atoms with Crippen molar-refractivity contribution < 1.29 is 9.59 Å². The van der Waals surface area contributed by atoms with Crippen LogP contribution in [0.5, 0.6) is 0 Å². The molecule has 39 heavy (non-hydrogen) atoms. The minimum Gasteiger partial charge on any atom is -0.306 e. The Morgan fingerprint density at radius 1 is 0.615 bits per heavy atom. The molecule has 7 aromatic rings. The van der Waals surface area contributed by atoms with Gasteiger partial charge < -0.3 is 4.57 Å². The first kappa shape index (κ1) is 21.8. The van der Waals surface area contributed by atoms with Gasteiger partial charge in [0, 0.05) is 30.9 Å². The molecule has 5 nitrogen and oxygen atoms in total. The Bertz CT molecular complexity index is 2210. The molecule has 0 fully saturated rings. The van der Waals surface area contributed by atoms with Crippen molar-refractivity contribution in [3.63, 3.8) is 0 Å². The number of rotatable bonds is 2. The number of carbonyl (C=O) groups is 2. The highest BCUT2D eigenvalue weighted by atomic mass is 32.1. The summed E-state index contributed by atoms with van der Waals surface area (Å²) in [6, 6.07) is 35.1. The molecule has 0 spiro atoms. The quantitative estimate of drug-likeness (QED) is 0.219. The molecular weight excluding hydrogens is 502 g/mol. The number of fused-ring (bicyclic) bond motifs is 8. The highest BCUT2D eigenvalue weighted by Gasteiger charge is 2.38. The summed E-state index contributed by atoms with van der Waals surface area (Å²) in [6.45, 7) is 0. The van der Waals surface area contributed by atoms with Crippen LogP contribution >= 0.6 is 11.3 Å². The van der Waals surface area contributed by atoms with Crippen molar-refractivity contribution >= 4 is 70.8 Å². The fourth-order valence-corrected chi connectivity index (χ4v) is 7.07. The van der Waals surface area contributed by atoms with Gasteiger partial charge in [-0.05, 0) is 48.5 Å². The Balaban J connectivity index is 1.52. The van der Waals surface area contributed by atoms with Crippen LogP contribution in [0.1, 0.15) is 26.3 Å². The van der Waals surface area contributed by atoms with Gasteiger partial charge >= 0.3 is 0 Å². The van der Waals surface area contributed by atoms with Crippen LogP contribution in [0.2, 0.25) is 0 Å². The van der Waals surface area contributed by atoms with E-state index < -0.39 is 0 Å². The number of aromatic nitrogens is 1. The number of carbonyl (C=O) groups excluding carboxylic acids is 2. The van der Waals surface area contributed by atoms with Crippen LogP contribution in [0.3, 0.4) is 0 Å². The monoisotopic (exact) mass is 519 g/mol. The van der Waals surface area contributed by atoms with Gasteiger partial charge in [0.05, 0.1) is 39.1 Å². The van der Waals surface area contributed by atoms with E-state index in [1.165, 1.54) is 25.1 Å². The fraction of sp³-hybridized carbons (Fsp3) is 0. The molecule has 0 unspecified atom stereocenters. The van der Waals surface area contributed by atoms with Gasteiger partial charge in [0.1, 0.15) is 6.07 Å². The molecule has 5 aromatic carbocycles. The maximum Gasteiger partial charge on any atom is 0.266 e. The summed E-state index contributed by atoms with van der Waals surface area (Å²) < 4.78 is 4.43. The lowest BCUT2D eigenvalue weighted by molar-refractivity contribution is 0.0926. The maximum atomic E-state index is 13.6. The largest absolute Gasteiger partial charge is 0.306 e. The summed E-state index contributed by atoms with van der Waals surface area (Å²) in [5, 5.41) is 14.7. The van der Waals surface area contributed by atoms with E-state index in [9.17, 15) is 14.9 Å². The van der Waals surface area contributed by atoms with Gasteiger partial charge in [0.25, 0.3) is 11.8 Å². The van der Waals surface area contributed by atoms with E-state index in [4.69, 9.17) is 0 Å². The summed E-state index contributed by atoms with van der Waals surface area (Å²) in [5.41, 5.74) is 3.82. The normalized spacial score (nSPS) is 13.2. The van der Waals surface area contributed by atoms with Crippen LogP contribution in [0.4, 0.5) is 5.69 Å². The van der Waals surface area contributed by atoms with Gasteiger partial charge in [-0.2, -0.15) is 5.26 Å². The van der Waals surface area contributed by atoms with E-state index in [2.05, 4.69) is 48.5 Å². The topological polar surface area (TPSA) is 66.1 Å². The van der Waals surface area contributed by atoms with E-state index in [0.29, 0.717) is 28.1 Å². The Labute approximate surface area is 226 Å². The molecule has 1 aliphatic heterocycles. The Morgan fingerprint density at radius 3 is 2.08 bits per heavy atom. The molecule has 8 rings (SSSR count). The predicted molar refractivity (Wildman–Crippen MR) is 156 cm³/mol. The molecule has 0 aliphatic carbocycles. The zero-order valence-electron chi connectivity index (χ0n) is 20.4. The lowest BCUT2D eigenvalue weighted by Gasteiger charge is -2.21. The number of anilines is 1. The average molecular weight is 520 g/mol. The number of para-hydroxylation sites is 2. The zero-order chi connectivity index (χ0) is 26.2. The van der Waals surface area contributed by atoms with Crippen LogP contribution < -0.4 is 4.90 Å². The molecule has 0 atom stereocenters. The second-order valence-corrected chi connectivity index (χ2v) is 10.6. The van der Waals surface area contributed by atoms with Crippen molar-refractivity contribution in [3.8, 4) is 11.8 Å². The number of imide groups is 1. The Kier molecular flexibility index (Phi) is 4.40. The molecule has 0 saturated heterocycles. The average Bonchev–Trinajstić information content (AvgIpc) is 3.60. The number of amides is 2. The molecule has 182 valence electrons. The third-order valence-corrected chi connectivity index (χ3v) is 8.71. The number of hydrogen-bond donors (Lipinski definition) is 0. The van der Waals surface area contributed by atoms with Gasteiger partial charge in [-0.15, -0.1) is 11.3 Å². The molecule has 1 aliphatic rings. The predicted octanol–water partition coefficient (Wildman–Crippen LogP) is 7.82. The van der Waals surface area contributed by atoms with E-state index in [1.807, 2.05) is 22.8 Å². The second kappa shape index (κ2) is 7.87. The van der Waals surface area contributed by atoms with Gasteiger partial charge in [0.2, 0.25) is 0 Å². The van der Waals surface area contributed by atoms with Gasteiger partial charge in [0.15, 0.2) is 0 Å². The number of thiophene rings is 1. The van der Waals surface area contributed by atoms with Gasteiger partial charge in [-0.3, -0.25) is 9.59 Å². The van der Waals surface area contributed by atoms with Gasteiger partial charge in [-0.25, -0.2) is 4.90 Å². The van der Waals surface area contributed by atoms with Crippen molar-refractivity contribution in [1.29, 1.82) is 5.26 Å². The highest BCUT2D eigenvalue weighted by molar-refractivity contribution is 7.26. The molecule has 0 bridgehead atoms. The van der Waals surface area contributed by atoms with Crippen molar-refractivity contribution in [2.75, 3.05) is 4.90 Å². The minimum atomic E-state index is -0.390. The number of nitrogens with zero attached hydrogens (tertiary/aromatic N) is 3. The van der Waals surface area contributed by atoms with E-state index in [-0.39, 0.29) is 11.8 Å². The van der Waals surface area contributed by atoms with E-state index >= 15 is 0 Å². The summed E-state index contributed by atoms with van der Waals surface area (Å²) in [7, 11) is 0. The zero-order valence-corrected chi connectivity index (χ0v) is 21.2. The number of hydrogen-bond acceptors (Lipinski definition) is 4. The molecule has 0 N–H and O–H groups in total. The summed E-state index contributed by atoms with van der Waals surface area (Å²) in [4.78, 5) is 28.3. The SMILES string of the molecule is N#Cc1cccc(N2C(=O)c3ccccc3C2=O)c1-n1c2ccccc2c2c3c(ccc21)sc1ccccc13. The molecule has 0 saturated carbocycles. The van der Waals surface area contributed by atoms with Crippen LogP contribution in [-0.2, 0) is 0 Å². The summed E-state index contributed by atoms with van der Waals surface area (Å²) in [6.07, 6.45) is 0. The van der Waals surface area contributed by atoms with E-state index in [0.717, 1.165) is 21.8 Å². The summed E-state index contributed by atoms with van der Waals surface area (Å²) in [5.74, 6) is -0.780. The smallest absolute Gasteiger partial charge is 0.266 e. The van der Waals surface area contributed by atoms with E-state index in [1.54, 1.807) is 53.8 Å². The third-order valence-electron chi connectivity index (χ3n) is 7.57. The van der Waals surface area contributed by atoms with Crippen molar-refractivity contribution in [2.24, 2.45) is 0 Å². The second-order valence-electron chi connectivity index (χ2n) is 9.56. The molecule has 6 heteroatoms. The Hall–Kier alpha value is -5.25. The molecule has 3 heterocycles. The standard InChI is InChI=1S/C33H17N3O2S/c34-18-19-8-7-14-26(36-32(37)20-9-1-2-10-21(20)33(36)38)31(19)35-24-13-5-3-11-22(24)29-25(35)16-17-28-30(29)23-12-4-6-15-27(23)39-28/h1-17H. The van der Waals surface area contributed by atoms with Crippen molar-refractivity contribution in [2.45, 2.75) is 0 Å². The lowest BCUT2D eigenvalue weighted by atomic mass is 10.1. The first-order chi connectivity index (χ1) is 19.2. The Morgan fingerprint density at radius 2 is 1.31 bits per heavy atom. The molecule has 2 aromatic heterocycles. The van der Waals surface area contributed by atoms with Gasteiger partial charge in [-0.1, -0.05) is 54.6 Å². The minimum absolute atomic E-state index is 0.365. The molecule has 2 amide bonds. The van der Waals surface area contributed by atoms with Crippen LogP contribution in [-0.4, -0.2) is 16.4 Å². The third kappa shape index (κ3) is 2.82. The fourth-order valence-electron chi connectivity index (χ4n) is 5.96. The first-order valence-electron chi connectivity index (χ1n) is 12.5. The lowest BCUT2D eigenvalue weighted by Crippen LogP contribution is -2.30.